The van der Waals surface area contributed by atoms with Crippen LogP contribution in [-0.4, -0.2) is 51.6 Å². The van der Waals surface area contributed by atoms with Crippen molar-refractivity contribution in [3.8, 4) is 0 Å². The Morgan fingerprint density at radius 3 is 2.75 bits per heavy atom. The minimum absolute atomic E-state index is 0.142. The standard InChI is InChI=1S/C17H23F3N2O2/c1-23-11-15-10-22(12-16(24-15)5-7-21-8-6-16)14-4-2-3-13(9-14)17(18,19)20/h2-4,9,15,21H,5-8,10-12H2,1H3. The summed E-state index contributed by atoms with van der Waals surface area (Å²) < 4.78 is 50.5. The number of ether oxygens (including phenoxy) is 2. The fraction of sp³-hybridized carbons (Fsp3) is 0.647. The zero-order valence-corrected chi connectivity index (χ0v) is 13.7. The van der Waals surface area contributed by atoms with Crippen LogP contribution in [-0.2, 0) is 15.7 Å². The quantitative estimate of drug-likeness (QED) is 0.914. The highest BCUT2D eigenvalue weighted by molar-refractivity contribution is 5.50. The molecule has 1 aromatic carbocycles. The maximum absolute atomic E-state index is 13.0. The Labute approximate surface area is 139 Å². The molecule has 0 bridgehead atoms. The molecule has 2 fully saturated rings. The largest absolute Gasteiger partial charge is 0.416 e. The summed E-state index contributed by atoms with van der Waals surface area (Å²) in [5.41, 5.74) is -0.345. The molecule has 134 valence electrons. The third-order valence-corrected chi connectivity index (χ3v) is 4.73. The molecular weight excluding hydrogens is 321 g/mol. The van der Waals surface area contributed by atoms with E-state index in [9.17, 15) is 13.2 Å². The van der Waals surface area contributed by atoms with Crippen LogP contribution in [0.15, 0.2) is 24.3 Å². The minimum Gasteiger partial charge on any atom is -0.382 e. The number of hydrogen-bond donors (Lipinski definition) is 1. The molecule has 2 heterocycles. The van der Waals surface area contributed by atoms with E-state index in [1.165, 1.54) is 12.1 Å². The number of halogens is 3. The number of anilines is 1. The first-order chi connectivity index (χ1) is 11.4. The molecular formula is C17H23F3N2O2. The van der Waals surface area contributed by atoms with Crippen molar-refractivity contribution in [1.82, 2.24) is 5.32 Å². The van der Waals surface area contributed by atoms with E-state index in [4.69, 9.17) is 9.47 Å². The topological polar surface area (TPSA) is 33.7 Å². The van der Waals surface area contributed by atoms with Gasteiger partial charge in [-0.05, 0) is 44.1 Å². The molecule has 0 radical (unpaired) electrons. The summed E-state index contributed by atoms with van der Waals surface area (Å²) in [4.78, 5) is 2.01. The van der Waals surface area contributed by atoms with E-state index in [0.29, 0.717) is 25.4 Å². The zero-order chi connectivity index (χ0) is 17.2. The van der Waals surface area contributed by atoms with Gasteiger partial charge >= 0.3 is 6.18 Å². The number of benzene rings is 1. The summed E-state index contributed by atoms with van der Waals surface area (Å²) in [6, 6.07) is 5.54. The van der Waals surface area contributed by atoms with Crippen molar-refractivity contribution in [2.45, 2.75) is 30.7 Å². The normalized spacial score (nSPS) is 24.3. The number of morpholine rings is 1. The molecule has 4 nitrogen and oxygen atoms in total. The molecule has 0 amide bonds. The van der Waals surface area contributed by atoms with Gasteiger partial charge in [0.1, 0.15) is 0 Å². The minimum atomic E-state index is -4.33. The van der Waals surface area contributed by atoms with Crippen LogP contribution in [0, 0.1) is 0 Å². The van der Waals surface area contributed by atoms with Gasteiger partial charge in [0.2, 0.25) is 0 Å². The second kappa shape index (κ2) is 6.90. The first-order valence-corrected chi connectivity index (χ1v) is 8.22. The smallest absolute Gasteiger partial charge is 0.382 e. The Hall–Kier alpha value is -1.31. The average Bonchev–Trinajstić information content (AvgIpc) is 2.55. The van der Waals surface area contributed by atoms with Gasteiger partial charge in [-0.25, -0.2) is 0 Å². The maximum atomic E-state index is 13.0. The predicted molar refractivity (Wildman–Crippen MR) is 85.2 cm³/mol. The molecule has 1 unspecified atom stereocenters. The van der Waals surface area contributed by atoms with Crippen LogP contribution in [0.2, 0.25) is 0 Å². The molecule has 1 N–H and O–H groups in total. The molecule has 1 atom stereocenters. The molecule has 2 aliphatic rings. The number of piperidine rings is 1. The van der Waals surface area contributed by atoms with Crippen molar-refractivity contribution in [2.75, 3.05) is 44.8 Å². The summed E-state index contributed by atoms with van der Waals surface area (Å²) in [7, 11) is 1.61. The maximum Gasteiger partial charge on any atom is 0.416 e. The second-order valence-electron chi connectivity index (χ2n) is 6.56. The average molecular weight is 344 g/mol. The molecule has 2 aliphatic heterocycles. The summed E-state index contributed by atoms with van der Waals surface area (Å²) in [5, 5.41) is 3.31. The van der Waals surface area contributed by atoms with Gasteiger partial charge in [-0.3, -0.25) is 0 Å². The lowest BCUT2D eigenvalue weighted by molar-refractivity contribution is -0.138. The van der Waals surface area contributed by atoms with Crippen molar-refractivity contribution >= 4 is 5.69 Å². The van der Waals surface area contributed by atoms with Gasteiger partial charge in [0.05, 0.1) is 23.9 Å². The second-order valence-corrected chi connectivity index (χ2v) is 6.56. The Morgan fingerprint density at radius 2 is 2.08 bits per heavy atom. The fourth-order valence-electron chi connectivity index (χ4n) is 3.59. The SMILES string of the molecule is COCC1CN(c2cccc(C(F)(F)F)c2)CC2(CCNCC2)O1. The van der Waals surface area contributed by atoms with Crippen molar-refractivity contribution in [2.24, 2.45) is 0 Å². The summed E-state index contributed by atoms with van der Waals surface area (Å²) in [5.74, 6) is 0. The van der Waals surface area contributed by atoms with Gasteiger partial charge in [-0.1, -0.05) is 6.07 Å². The lowest BCUT2D eigenvalue weighted by Crippen LogP contribution is -2.60. The van der Waals surface area contributed by atoms with E-state index in [1.807, 2.05) is 4.90 Å². The van der Waals surface area contributed by atoms with Crippen molar-refractivity contribution in [3.05, 3.63) is 29.8 Å². The predicted octanol–water partition coefficient (Wildman–Crippen LogP) is 2.68. The van der Waals surface area contributed by atoms with Gasteiger partial charge in [-0.15, -0.1) is 0 Å². The zero-order valence-electron chi connectivity index (χ0n) is 13.7. The lowest BCUT2D eigenvalue weighted by Gasteiger charge is -2.49. The van der Waals surface area contributed by atoms with E-state index in [0.717, 1.165) is 32.0 Å². The monoisotopic (exact) mass is 344 g/mol. The Balaban J connectivity index is 1.85. The van der Waals surface area contributed by atoms with Crippen LogP contribution < -0.4 is 10.2 Å². The van der Waals surface area contributed by atoms with Gasteiger partial charge in [-0.2, -0.15) is 13.2 Å². The molecule has 1 spiro atoms. The van der Waals surface area contributed by atoms with Gasteiger partial charge < -0.3 is 19.7 Å². The Bertz CT molecular complexity index is 559. The molecule has 0 aliphatic carbocycles. The fourth-order valence-corrected chi connectivity index (χ4v) is 3.59. The summed E-state index contributed by atoms with van der Waals surface area (Å²) >= 11 is 0. The number of alkyl halides is 3. The van der Waals surface area contributed by atoms with Crippen LogP contribution >= 0.6 is 0 Å². The number of nitrogens with one attached hydrogen (secondary N) is 1. The highest BCUT2D eigenvalue weighted by atomic mass is 19.4. The van der Waals surface area contributed by atoms with E-state index >= 15 is 0 Å². The first kappa shape index (κ1) is 17.5. The van der Waals surface area contributed by atoms with Crippen molar-refractivity contribution < 1.29 is 22.6 Å². The van der Waals surface area contributed by atoms with Crippen LogP contribution in [0.1, 0.15) is 18.4 Å². The summed E-state index contributed by atoms with van der Waals surface area (Å²) in [6.45, 7) is 3.29. The highest BCUT2D eigenvalue weighted by Gasteiger charge is 2.42. The van der Waals surface area contributed by atoms with Crippen LogP contribution in [0.3, 0.4) is 0 Å². The molecule has 24 heavy (non-hydrogen) atoms. The molecule has 2 saturated heterocycles. The first-order valence-electron chi connectivity index (χ1n) is 8.22. The number of nitrogens with zero attached hydrogens (tertiary/aromatic N) is 1. The van der Waals surface area contributed by atoms with E-state index in [-0.39, 0.29) is 11.7 Å². The van der Waals surface area contributed by atoms with E-state index in [1.54, 1.807) is 13.2 Å². The number of hydrogen-bond acceptors (Lipinski definition) is 4. The van der Waals surface area contributed by atoms with Gasteiger partial charge in [0.25, 0.3) is 0 Å². The Kier molecular flexibility index (Phi) is 5.03. The number of rotatable bonds is 3. The molecule has 7 heteroatoms. The molecule has 0 aromatic heterocycles. The third-order valence-electron chi connectivity index (χ3n) is 4.73. The van der Waals surface area contributed by atoms with E-state index in [2.05, 4.69) is 5.32 Å². The molecule has 0 saturated carbocycles. The van der Waals surface area contributed by atoms with Crippen molar-refractivity contribution in [3.63, 3.8) is 0 Å². The van der Waals surface area contributed by atoms with Crippen LogP contribution in [0.25, 0.3) is 0 Å². The van der Waals surface area contributed by atoms with E-state index < -0.39 is 11.7 Å². The lowest BCUT2D eigenvalue weighted by atomic mass is 9.89. The van der Waals surface area contributed by atoms with Gasteiger partial charge in [0, 0.05) is 25.9 Å². The Morgan fingerprint density at radius 1 is 1.33 bits per heavy atom. The van der Waals surface area contributed by atoms with Gasteiger partial charge in [0.15, 0.2) is 0 Å². The van der Waals surface area contributed by atoms with Crippen LogP contribution in [0.5, 0.6) is 0 Å². The molecule has 3 rings (SSSR count). The van der Waals surface area contributed by atoms with Crippen LogP contribution in [0.4, 0.5) is 18.9 Å². The van der Waals surface area contributed by atoms with Crippen molar-refractivity contribution in [1.29, 1.82) is 0 Å². The number of methoxy groups -OCH3 is 1. The molecule has 1 aromatic rings. The highest BCUT2D eigenvalue weighted by Crippen LogP contribution is 2.35. The summed E-state index contributed by atoms with van der Waals surface area (Å²) in [6.07, 6.45) is -2.78. The third kappa shape index (κ3) is 3.84.